The van der Waals surface area contributed by atoms with Crippen LogP contribution in [0.2, 0.25) is 0 Å². The lowest BCUT2D eigenvalue weighted by Crippen LogP contribution is -2.50. The number of hydrogen-bond donors (Lipinski definition) is 0. The average molecular weight is 306 g/mol. The number of rotatable bonds is 2. The van der Waals surface area contributed by atoms with Crippen LogP contribution in [0.5, 0.6) is 0 Å². The van der Waals surface area contributed by atoms with Crippen molar-refractivity contribution in [2.24, 2.45) is 0 Å². The first-order chi connectivity index (χ1) is 10.7. The first-order valence-electron chi connectivity index (χ1n) is 8.99. The second-order valence-corrected chi connectivity index (χ2v) is 7.23. The highest BCUT2D eigenvalue weighted by atomic mass is 16.5. The predicted molar refractivity (Wildman–Crippen MR) is 87.8 cm³/mol. The Hall–Kier alpha value is -0.870. The molecular weight excluding hydrogens is 276 g/mol. The fourth-order valence-electron chi connectivity index (χ4n) is 3.99. The molecule has 0 bridgehead atoms. The molecule has 0 aromatic heterocycles. The Morgan fingerprint density at radius 3 is 2.45 bits per heavy atom. The molecule has 0 atom stereocenters. The molecule has 3 rings (SSSR count). The van der Waals surface area contributed by atoms with Crippen LogP contribution in [0.25, 0.3) is 0 Å². The van der Waals surface area contributed by atoms with E-state index in [0.29, 0.717) is 12.5 Å². The van der Waals surface area contributed by atoms with Crippen molar-refractivity contribution in [3.05, 3.63) is 11.6 Å². The maximum absolute atomic E-state index is 12.5. The molecule has 0 unspecified atom stereocenters. The number of hydrogen-bond acceptors (Lipinski definition) is 3. The molecule has 4 heteroatoms. The van der Waals surface area contributed by atoms with E-state index in [2.05, 4.69) is 22.8 Å². The van der Waals surface area contributed by atoms with Crippen LogP contribution >= 0.6 is 0 Å². The first kappa shape index (κ1) is 16.0. The summed E-state index contributed by atoms with van der Waals surface area (Å²) >= 11 is 0. The summed E-state index contributed by atoms with van der Waals surface area (Å²) in [7, 11) is 0. The van der Waals surface area contributed by atoms with Gasteiger partial charge in [0.1, 0.15) is 0 Å². The van der Waals surface area contributed by atoms with Crippen LogP contribution in [0.4, 0.5) is 0 Å². The molecule has 2 fully saturated rings. The highest BCUT2D eigenvalue weighted by Gasteiger charge is 2.36. The largest absolute Gasteiger partial charge is 0.370 e. The van der Waals surface area contributed by atoms with Crippen molar-refractivity contribution in [1.29, 1.82) is 0 Å². The van der Waals surface area contributed by atoms with Gasteiger partial charge < -0.3 is 9.64 Å². The fourth-order valence-corrected chi connectivity index (χ4v) is 3.99. The number of likely N-dealkylation sites (tertiary alicyclic amines) is 2. The first-order valence-corrected chi connectivity index (χ1v) is 8.99. The van der Waals surface area contributed by atoms with E-state index in [1.54, 1.807) is 0 Å². The van der Waals surface area contributed by atoms with E-state index in [0.717, 1.165) is 52.0 Å². The Kier molecular flexibility index (Phi) is 5.19. The van der Waals surface area contributed by atoms with Crippen molar-refractivity contribution < 1.29 is 9.53 Å². The number of carbonyl (C=O) groups excluding carboxylic acids is 1. The standard InChI is InChI=1S/C18H30N2O2/c1-16-6-13-22-18(14-16)7-11-20(12-8-18)17(21)15-19-9-4-2-3-5-10-19/h14H,2-13,15H2,1H3. The lowest BCUT2D eigenvalue weighted by atomic mass is 9.87. The van der Waals surface area contributed by atoms with Crippen LogP contribution in [0.1, 0.15) is 51.9 Å². The molecule has 3 aliphatic heterocycles. The number of nitrogens with zero attached hydrogens (tertiary/aromatic N) is 2. The summed E-state index contributed by atoms with van der Waals surface area (Å²) in [4.78, 5) is 16.9. The lowest BCUT2D eigenvalue weighted by molar-refractivity contribution is -0.137. The molecule has 1 spiro atoms. The molecule has 0 radical (unpaired) electrons. The minimum absolute atomic E-state index is 0.0816. The zero-order valence-electron chi connectivity index (χ0n) is 14.0. The monoisotopic (exact) mass is 306 g/mol. The van der Waals surface area contributed by atoms with Crippen LogP contribution in [0.3, 0.4) is 0 Å². The van der Waals surface area contributed by atoms with E-state index in [1.165, 1.54) is 31.3 Å². The SMILES string of the molecule is CC1=CC2(CCN(C(=O)CN3CCCCCC3)CC2)OCC1. The highest BCUT2D eigenvalue weighted by molar-refractivity contribution is 5.78. The summed E-state index contributed by atoms with van der Waals surface area (Å²) in [5, 5.41) is 0. The summed E-state index contributed by atoms with van der Waals surface area (Å²) in [6.45, 7) is 7.52. The van der Waals surface area contributed by atoms with E-state index in [4.69, 9.17) is 4.74 Å². The molecule has 4 nitrogen and oxygen atoms in total. The zero-order chi connectivity index (χ0) is 15.4. The van der Waals surface area contributed by atoms with Gasteiger partial charge in [0.2, 0.25) is 5.91 Å². The Morgan fingerprint density at radius 2 is 1.82 bits per heavy atom. The van der Waals surface area contributed by atoms with Gasteiger partial charge >= 0.3 is 0 Å². The van der Waals surface area contributed by atoms with Crippen molar-refractivity contribution in [3.8, 4) is 0 Å². The normalized spacial score (nSPS) is 26.6. The van der Waals surface area contributed by atoms with Crippen LogP contribution in [-0.4, -0.2) is 60.6 Å². The minimum atomic E-state index is -0.0816. The zero-order valence-corrected chi connectivity index (χ0v) is 14.0. The second kappa shape index (κ2) is 7.14. The van der Waals surface area contributed by atoms with Gasteiger partial charge in [-0.2, -0.15) is 0 Å². The number of ether oxygens (including phenoxy) is 1. The quantitative estimate of drug-likeness (QED) is 0.735. The molecule has 1 amide bonds. The van der Waals surface area contributed by atoms with Gasteiger partial charge in [-0.3, -0.25) is 9.69 Å². The number of carbonyl (C=O) groups is 1. The smallest absolute Gasteiger partial charge is 0.236 e. The molecule has 0 saturated carbocycles. The third kappa shape index (κ3) is 3.90. The second-order valence-electron chi connectivity index (χ2n) is 7.23. The van der Waals surface area contributed by atoms with Crippen molar-refractivity contribution in [3.63, 3.8) is 0 Å². The van der Waals surface area contributed by atoms with Crippen molar-refractivity contribution in [2.45, 2.75) is 57.5 Å². The number of piperidine rings is 1. The average Bonchev–Trinajstić information content (AvgIpc) is 2.76. The molecule has 2 saturated heterocycles. The van der Waals surface area contributed by atoms with Crippen LogP contribution in [0, 0.1) is 0 Å². The molecule has 3 heterocycles. The van der Waals surface area contributed by atoms with Crippen molar-refractivity contribution in [1.82, 2.24) is 9.80 Å². The minimum Gasteiger partial charge on any atom is -0.370 e. The number of amides is 1. The topological polar surface area (TPSA) is 32.8 Å². The van der Waals surface area contributed by atoms with Gasteiger partial charge in [0.25, 0.3) is 0 Å². The van der Waals surface area contributed by atoms with Crippen molar-refractivity contribution in [2.75, 3.05) is 39.3 Å². The van der Waals surface area contributed by atoms with Crippen molar-refractivity contribution >= 4 is 5.91 Å². The molecule has 124 valence electrons. The molecule has 22 heavy (non-hydrogen) atoms. The third-order valence-corrected chi connectivity index (χ3v) is 5.42. The lowest BCUT2D eigenvalue weighted by Gasteiger charge is -2.42. The summed E-state index contributed by atoms with van der Waals surface area (Å²) < 4.78 is 6.05. The fraction of sp³-hybridized carbons (Fsp3) is 0.833. The highest BCUT2D eigenvalue weighted by Crippen LogP contribution is 2.33. The van der Waals surface area contributed by atoms with Gasteiger partial charge in [-0.1, -0.05) is 24.5 Å². The van der Waals surface area contributed by atoms with E-state index in [9.17, 15) is 4.79 Å². The molecule has 0 aliphatic carbocycles. The predicted octanol–water partition coefficient (Wildman–Crippen LogP) is 2.59. The van der Waals surface area contributed by atoms with Gasteiger partial charge in [0.05, 0.1) is 18.8 Å². The Balaban J connectivity index is 1.50. The van der Waals surface area contributed by atoms with Gasteiger partial charge in [-0.15, -0.1) is 0 Å². The molecule has 0 aromatic carbocycles. The van der Waals surface area contributed by atoms with Gasteiger partial charge in [0.15, 0.2) is 0 Å². The molecule has 0 aromatic rings. The van der Waals surface area contributed by atoms with E-state index in [-0.39, 0.29) is 5.60 Å². The summed E-state index contributed by atoms with van der Waals surface area (Å²) in [6.07, 6.45) is 10.4. The van der Waals surface area contributed by atoms with Crippen LogP contribution in [-0.2, 0) is 9.53 Å². The summed E-state index contributed by atoms with van der Waals surface area (Å²) in [5.74, 6) is 0.313. The maximum Gasteiger partial charge on any atom is 0.236 e. The van der Waals surface area contributed by atoms with E-state index in [1.807, 2.05) is 0 Å². The summed E-state index contributed by atoms with van der Waals surface area (Å²) in [6, 6.07) is 0. The molecular formula is C18H30N2O2. The molecule has 0 N–H and O–H groups in total. The van der Waals surface area contributed by atoms with Crippen LogP contribution < -0.4 is 0 Å². The van der Waals surface area contributed by atoms with Gasteiger partial charge in [-0.05, 0) is 52.1 Å². The Bertz CT molecular complexity index is 417. The molecule has 3 aliphatic rings. The van der Waals surface area contributed by atoms with Crippen LogP contribution in [0.15, 0.2) is 11.6 Å². The summed E-state index contributed by atoms with van der Waals surface area (Å²) in [5.41, 5.74) is 1.36. The van der Waals surface area contributed by atoms with Gasteiger partial charge in [0, 0.05) is 13.1 Å². The van der Waals surface area contributed by atoms with E-state index < -0.39 is 0 Å². The maximum atomic E-state index is 12.5. The van der Waals surface area contributed by atoms with E-state index >= 15 is 0 Å². The Morgan fingerprint density at radius 1 is 1.14 bits per heavy atom. The third-order valence-electron chi connectivity index (χ3n) is 5.42. The Labute approximate surface area is 134 Å². The van der Waals surface area contributed by atoms with Gasteiger partial charge in [-0.25, -0.2) is 0 Å².